The highest BCUT2D eigenvalue weighted by atomic mass is 32.2. The van der Waals surface area contributed by atoms with Crippen molar-refractivity contribution in [3.8, 4) is 0 Å². The molecular formula is C14H24N2OS. The molecule has 0 aliphatic rings. The second-order valence-electron chi connectivity index (χ2n) is 5.02. The molecule has 0 bridgehead atoms. The van der Waals surface area contributed by atoms with Crippen molar-refractivity contribution in [1.29, 1.82) is 0 Å². The Morgan fingerprint density at radius 1 is 1.33 bits per heavy atom. The van der Waals surface area contributed by atoms with E-state index in [9.17, 15) is 4.21 Å². The summed E-state index contributed by atoms with van der Waals surface area (Å²) >= 11 is 0. The Morgan fingerprint density at radius 3 is 2.44 bits per heavy atom. The number of aromatic nitrogens is 1. The maximum atomic E-state index is 11.3. The Morgan fingerprint density at radius 2 is 1.94 bits per heavy atom. The lowest BCUT2D eigenvalue weighted by Gasteiger charge is -2.20. The van der Waals surface area contributed by atoms with Crippen LogP contribution in [0.1, 0.15) is 42.4 Å². The molecule has 1 rings (SSSR count). The Balaban J connectivity index is 2.79. The summed E-state index contributed by atoms with van der Waals surface area (Å²) in [6, 6.07) is 2.35. The van der Waals surface area contributed by atoms with E-state index >= 15 is 0 Å². The number of nitrogens with one attached hydrogen (secondary N) is 1. The van der Waals surface area contributed by atoms with Gasteiger partial charge in [0.1, 0.15) is 0 Å². The van der Waals surface area contributed by atoms with Crippen molar-refractivity contribution in [2.24, 2.45) is 0 Å². The summed E-state index contributed by atoms with van der Waals surface area (Å²) in [5.74, 6) is 0. The zero-order chi connectivity index (χ0) is 13.9. The smallest absolute Gasteiger partial charge is 0.0441 e. The van der Waals surface area contributed by atoms with Gasteiger partial charge in [-0.3, -0.25) is 9.19 Å². The fraction of sp³-hybridized carbons (Fsp3) is 0.643. The van der Waals surface area contributed by atoms with Gasteiger partial charge in [-0.2, -0.15) is 0 Å². The van der Waals surface area contributed by atoms with Crippen molar-refractivity contribution < 1.29 is 4.21 Å². The van der Waals surface area contributed by atoms with Gasteiger partial charge < -0.3 is 5.32 Å². The molecule has 3 nitrogen and oxygen atoms in total. The average Bonchev–Trinajstić information content (AvgIpc) is 2.24. The van der Waals surface area contributed by atoms with E-state index in [1.165, 1.54) is 11.1 Å². The lowest BCUT2D eigenvalue weighted by Crippen LogP contribution is -2.30. The third kappa shape index (κ3) is 3.89. The number of rotatable bonds is 5. The molecule has 0 saturated heterocycles. The van der Waals surface area contributed by atoms with Gasteiger partial charge in [0, 0.05) is 46.3 Å². The van der Waals surface area contributed by atoms with Crippen LogP contribution in [0.2, 0.25) is 0 Å². The van der Waals surface area contributed by atoms with Crippen molar-refractivity contribution in [2.45, 2.75) is 45.9 Å². The normalized spacial score (nSPS) is 16.3. The fourth-order valence-corrected chi connectivity index (χ4v) is 2.58. The van der Waals surface area contributed by atoms with Gasteiger partial charge in [-0.05, 0) is 51.8 Å². The number of hydrogen-bond acceptors (Lipinski definition) is 3. The van der Waals surface area contributed by atoms with Gasteiger partial charge in [0.25, 0.3) is 0 Å². The number of aryl methyl sites for hydroxylation is 3. The number of hydrogen-bond donors (Lipinski definition) is 1. The Labute approximate surface area is 113 Å². The summed E-state index contributed by atoms with van der Waals surface area (Å²) in [4.78, 5) is 4.52. The first kappa shape index (κ1) is 15.3. The van der Waals surface area contributed by atoms with E-state index in [-0.39, 0.29) is 11.3 Å². The van der Waals surface area contributed by atoms with E-state index in [1.807, 2.05) is 13.8 Å². The van der Waals surface area contributed by atoms with Crippen LogP contribution in [0.15, 0.2) is 6.07 Å². The van der Waals surface area contributed by atoms with Crippen LogP contribution in [0.4, 0.5) is 0 Å². The molecule has 0 aliphatic heterocycles. The molecule has 0 saturated carbocycles. The predicted octanol–water partition coefficient (Wildman–Crippen LogP) is 2.42. The molecule has 0 amide bonds. The average molecular weight is 268 g/mol. The minimum absolute atomic E-state index is 0.173. The monoisotopic (exact) mass is 268 g/mol. The summed E-state index contributed by atoms with van der Waals surface area (Å²) < 4.78 is 11.3. The van der Waals surface area contributed by atoms with Gasteiger partial charge in [-0.15, -0.1) is 0 Å². The summed E-state index contributed by atoms with van der Waals surface area (Å²) in [6.45, 7) is 11.1. The van der Waals surface area contributed by atoms with Gasteiger partial charge in [0.2, 0.25) is 0 Å². The van der Waals surface area contributed by atoms with E-state index in [2.05, 4.69) is 37.1 Å². The molecule has 0 spiro atoms. The van der Waals surface area contributed by atoms with Crippen molar-refractivity contribution in [3.63, 3.8) is 0 Å². The van der Waals surface area contributed by atoms with Crippen molar-refractivity contribution >= 4 is 10.8 Å². The van der Waals surface area contributed by atoms with Crippen molar-refractivity contribution in [3.05, 3.63) is 28.6 Å². The van der Waals surface area contributed by atoms with Crippen LogP contribution in [-0.2, 0) is 10.8 Å². The standard InChI is InChI=1S/C14H24N2OS/c1-9-7-10(2)16-13(5)14(9)12(4)15-8-11(3)18(6)17/h7,11-12,15H,8H2,1-6H3. The predicted molar refractivity (Wildman–Crippen MR) is 78.4 cm³/mol. The molecule has 1 N–H and O–H groups in total. The van der Waals surface area contributed by atoms with Crippen LogP contribution in [0, 0.1) is 20.8 Å². The fourth-order valence-electron chi connectivity index (χ4n) is 2.25. The minimum atomic E-state index is -0.776. The Hall–Kier alpha value is -0.740. The van der Waals surface area contributed by atoms with Crippen LogP contribution in [0.25, 0.3) is 0 Å². The van der Waals surface area contributed by atoms with E-state index in [1.54, 1.807) is 6.26 Å². The molecule has 0 aromatic carbocycles. The van der Waals surface area contributed by atoms with Gasteiger partial charge in [-0.1, -0.05) is 0 Å². The van der Waals surface area contributed by atoms with Crippen molar-refractivity contribution in [2.75, 3.05) is 12.8 Å². The highest BCUT2D eigenvalue weighted by Crippen LogP contribution is 2.21. The van der Waals surface area contributed by atoms with Crippen LogP contribution in [-0.4, -0.2) is 27.2 Å². The first-order chi connectivity index (χ1) is 8.32. The third-order valence-electron chi connectivity index (χ3n) is 3.30. The molecule has 1 aromatic heterocycles. The summed E-state index contributed by atoms with van der Waals surface area (Å²) in [6.07, 6.45) is 1.75. The zero-order valence-electron chi connectivity index (χ0n) is 12.2. The van der Waals surface area contributed by atoms with E-state index < -0.39 is 10.8 Å². The van der Waals surface area contributed by atoms with E-state index in [0.29, 0.717) is 0 Å². The maximum Gasteiger partial charge on any atom is 0.0441 e. The van der Waals surface area contributed by atoms with E-state index in [4.69, 9.17) is 0 Å². The molecule has 3 unspecified atom stereocenters. The molecule has 102 valence electrons. The maximum absolute atomic E-state index is 11.3. The van der Waals surface area contributed by atoms with Crippen LogP contribution >= 0.6 is 0 Å². The van der Waals surface area contributed by atoms with Crippen LogP contribution in [0.5, 0.6) is 0 Å². The third-order valence-corrected chi connectivity index (χ3v) is 4.60. The second kappa shape index (κ2) is 6.43. The SMILES string of the molecule is Cc1cc(C)c(C(C)NCC(C)S(C)=O)c(C)n1. The Kier molecular flexibility index (Phi) is 5.47. The largest absolute Gasteiger partial charge is 0.309 e. The lowest BCUT2D eigenvalue weighted by atomic mass is 10.0. The summed E-state index contributed by atoms with van der Waals surface area (Å²) in [5.41, 5.74) is 4.67. The van der Waals surface area contributed by atoms with Gasteiger partial charge in [0.05, 0.1) is 0 Å². The first-order valence-electron chi connectivity index (χ1n) is 6.33. The highest BCUT2D eigenvalue weighted by Gasteiger charge is 2.14. The second-order valence-corrected chi connectivity index (χ2v) is 6.82. The quantitative estimate of drug-likeness (QED) is 0.892. The topological polar surface area (TPSA) is 42.0 Å². The summed E-state index contributed by atoms with van der Waals surface area (Å²) in [5, 5.41) is 3.62. The molecule has 1 aromatic rings. The molecular weight excluding hydrogens is 244 g/mol. The molecule has 18 heavy (non-hydrogen) atoms. The first-order valence-corrected chi connectivity index (χ1v) is 7.95. The summed E-state index contributed by atoms with van der Waals surface area (Å²) in [7, 11) is -0.776. The van der Waals surface area contributed by atoms with Crippen LogP contribution in [0.3, 0.4) is 0 Å². The molecule has 0 fully saturated rings. The Bertz CT molecular complexity index is 422. The minimum Gasteiger partial charge on any atom is -0.309 e. The van der Waals surface area contributed by atoms with Gasteiger partial charge >= 0.3 is 0 Å². The molecule has 4 heteroatoms. The molecule has 0 aliphatic carbocycles. The highest BCUT2D eigenvalue weighted by molar-refractivity contribution is 7.84. The van der Waals surface area contributed by atoms with Crippen LogP contribution < -0.4 is 5.32 Å². The number of pyridine rings is 1. The molecule has 0 radical (unpaired) electrons. The van der Waals surface area contributed by atoms with Gasteiger partial charge in [-0.25, -0.2) is 0 Å². The molecule has 1 heterocycles. The van der Waals surface area contributed by atoms with Crippen molar-refractivity contribution in [1.82, 2.24) is 10.3 Å². The van der Waals surface area contributed by atoms with E-state index in [0.717, 1.165) is 17.9 Å². The number of nitrogens with zero attached hydrogens (tertiary/aromatic N) is 1. The zero-order valence-corrected chi connectivity index (χ0v) is 13.0. The lowest BCUT2D eigenvalue weighted by molar-refractivity contribution is 0.562. The van der Waals surface area contributed by atoms with Gasteiger partial charge in [0.15, 0.2) is 0 Å². The molecule has 3 atom stereocenters.